The van der Waals surface area contributed by atoms with Crippen molar-refractivity contribution < 1.29 is 14.6 Å². The van der Waals surface area contributed by atoms with E-state index in [-0.39, 0.29) is 5.97 Å². The fourth-order valence-corrected chi connectivity index (χ4v) is 1.81. The molecule has 0 aliphatic heterocycles. The second kappa shape index (κ2) is 9.17. The first-order chi connectivity index (χ1) is 9.63. The van der Waals surface area contributed by atoms with Crippen LogP contribution in [0.4, 0.5) is 0 Å². The van der Waals surface area contributed by atoms with Crippen molar-refractivity contribution >= 4 is 5.97 Å². The van der Waals surface area contributed by atoms with Crippen LogP contribution in [0.1, 0.15) is 51.2 Å². The Bertz CT molecular complexity index is 456. The van der Waals surface area contributed by atoms with Gasteiger partial charge in [-0.25, -0.2) is 0 Å². The van der Waals surface area contributed by atoms with Gasteiger partial charge in [-0.2, -0.15) is 0 Å². The van der Waals surface area contributed by atoms with Crippen molar-refractivity contribution in [2.45, 2.75) is 51.7 Å². The number of ether oxygens (including phenoxy) is 1. The normalized spacial score (nSPS) is 12.9. The topological polar surface area (TPSA) is 46.5 Å². The molecule has 1 aromatic carbocycles. The molecule has 2 unspecified atom stereocenters. The highest BCUT2D eigenvalue weighted by Gasteiger charge is 2.11. The van der Waals surface area contributed by atoms with Crippen LogP contribution in [0.25, 0.3) is 0 Å². The predicted molar refractivity (Wildman–Crippen MR) is 78.9 cm³/mol. The zero-order chi connectivity index (χ0) is 14.8. The Labute approximate surface area is 121 Å². The van der Waals surface area contributed by atoms with E-state index < -0.39 is 12.2 Å². The number of benzene rings is 1. The molecule has 1 rings (SSSR count). The summed E-state index contributed by atoms with van der Waals surface area (Å²) in [6.45, 7) is 3.47. The monoisotopic (exact) mass is 274 g/mol. The maximum Gasteiger partial charge on any atom is 0.304 e. The number of unbranched alkanes of at least 4 members (excludes halogenated alkanes) is 2. The molecule has 0 bridgehead atoms. The van der Waals surface area contributed by atoms with Crippen molar-refractivity contribution in [1.29, 1.82) is 0 Å². The molecule has 20 heavy (non-hydrogen) atoms. The Morgan fingerprint density at radius 3 is 2.55 bits per heavy atom. The number of hydrogen-bond donors (Lipinski definition) is 1. The van der Waals surface area contributed by atoms with Crippen molar-refractivity contribution in [1.82, 2.24) is 0 Å². The number of aliphatic hydroxyl groups excluding tert-OH is 1. The maximum absolute atomic E-state index is 11.1. The Balaban J connectivity index is 2.68. The lowest BCUT2D eigenvalue weighted by molar-refractivity contribution is -0.144. The Kier molecular flexibility index (Phi) is 7.46. The van der Waals surface area contributed by atoms with Gasteiger partial charge in [0.05, 0.1) is 0 Å². The first kappa shape index (κ1) is 16.3. The molecule has 0 aromatic heterocycles. The maximum atomic E-state index is 11.1. The molecular weight excluding hydrogens is 252 g/mol. The van der Waals surface area contributed by atoms with Gasteiger partial charge in [-0.3, -0.25) is 4.79 Å². The summed E-state index contributed by atoms with van der Waals surface area (Å²) in [4.78, 5) is 11.1. The van der Waals surface area contributed by atoms with Crippen LogP contribution in [0.3, 0.4) is 0 Å². The Morgan fingerprint density at radius 1 is 1.25 bits per heavy atom. The zero-order valence-corrected chi connectivity index (χ0v) is 12.1. The summed E-state index contributed by atoms with van der Waals surface area (Å²) in [6, 6.07) is 9.33. The largest absolute Gasteiger partial charge is 0.444 e. The van der Waals surface area contributed by atoms with Gasteiger partial charge >= 0.3 is 5.97 Å². The van der Waals surface area contributed by atoms with Gasteiger partial charge in [0, 0.05) is 12.5 Å². The van der Waals surface area contributed by atoms with E-state index in [9.17, 15) is 9.90 Å². The SMILES string of the molecule is CCCCCC(O)C#CC(OC(C)=O)c1ccccc1. The van der Waals surface area contributed by atoms with E-state index >= 15 is 0 Å². The molecule has 0 fully saturated rings. The van der Waals surface area contributed by atoms with E-state index in [0.717, 1.165) is 24.8 Å². The second-order valence-corrected chi connectivity index (χ2v) is 4.70. The molecule has 0 radical (unpaired) electrons. The quantitative estimate of drug-likeness (QED) is 0.492. The van der Waals surface area contributed by atoms with Gasteiger partial charge in [0.15, 0.2) is 6.10 Å². The molecule has 0 aliphatic carbocycles. The molecule has 3 nitrogen and oxygen atoms in total. The van der Waals surface area contributed by atoms with E-state index in [2.05, 4.69) is 18.8 Å². The zero-order valence-electron chi connectivity index (χ0n) is 12.1. The molecule has 0 spiro atoms. The molecule has 108 valence electrons. The van der Waals surface area contributed by atoms with Crippen LogP contribution in [0.5, 0.6) is 0 Å². The van der Waals surface area contributed by atoms with Crippen molar-refractivity contribution in [3.8, 4) is 11.8 Å². The van der Waals surface area contributed by atoms with E-state index in [1.807, 2.05) is 30.3 Å². The predicted octanol–water partition coefficient (Wildman–Crippen LogP) is 3.24. The van der Waals surface area contributed by atoms with Crippen LogP contribution in [-0.4, -0.2) is 17.2 Å². The highest BCUT2D eigenvalue weighted by Crippen LogP contribution is 2.16. The summed E-state index contributed by atoms with van der Waals surface area (Å²) in [5.41, 5.74) is 0.816. The second-order valence-electron chi connectivity index (χ2n) is 4.70. The lowest BCUT2D eigenvalue weighted by Gasteiger charge is -2.11. The number of hydrogen-bond acceptors (Lipinski definition) is 3. The van der Waals surface area contributed by atoms with Crippen molar-refractivity contribution in [2.75, 3.05) is 0 Å². The molecule has 3 heteroatoms. The highest BCUT2D eigenvalue weighted by atomic mass is 16.5. The first-order valence-corrected chi connectivity index (χ1v) is 7.04. The average Bonchev–Trinajstić information content (AvgIpc) is 2.44. The molecule has 1 N–H and O–H groups in total. The molecule has 0 aliphatic rings. The minimum absolute atomic E-state index is 0.381. The van der Waals surface area contributed by atoms with Gasteiger partial charge in [-0.1, -0.05) is 61.9 Å². The standard InChI is InChI=1S/C17H22O3/c1-3-4-6-11-16(19)12-13-17(20-14(2)18)15-9-7-5-8-10-15/h5,7-10,16-17,19H,3-4,6,11H2,1-2H3. The minimum Gasteiger partial charge on any atom is -0.444 e. The van der Waals surface area contributed by atoms with Gasteiger partial charge in [0.2, 0.25) is 0 Å². The molecule has 1 aromatic rings. The fourth-order valence-electron chi connectivity index (χ4n) is 1.81. The Hall–Kier alpha value is -1.79. The summed E-state index contributed by atoms with van der Waals surface area (Å²) in [5, 5.41) is 9.79. The Morgan fingerprint density at radius 2 is 1.95 bits per heavy atom. The first-order valence-electron chi connectivity index (χ1n) is 7.04. The number of rotatable bonds is 6. The van der Waals surface area contributed by atoms with Crippen molar-refractivity contribution in [2.24, 2.45) is 0 Å². The van der Waals surface area contributed by atoms with Gasteiger partial charge in [0.25, 0.3) is 0 Å². The van der Waals surface area contributed by atoms with E-state index in [0.29, 0.717) is 6.42 Å². The van der Waals surface area contributed by atoms with Crippen LogP contribution < -0.4 is 0 Å². The van der Waals surface area contributed by atoms with Gasteiger partial charge in [-0.15, -0.1) is 0 Å². The summed E-state index contributed by atoms with van der Waals surface area (Å²) >= 11 is 0. The number of aliphatic hydroxyl groups is 1. The summed E-state index contributed by atoms with van der Waals surface area (Å²) in [5.74, 6) is 5.24. The van der Waals surface area contributed by atoms with Crippen LogP contribution in [0.2, 0.25) is 0 Å². The van der Waals surface area contributed by atoms with E-state index in [4.69, 9.17) is 4.74 Å². The summed E-state index contributed by atoms with van der Waals surface area (Å²) in [7, 11) is 0. The van der Waals surface area contributed by atoms with E-state index in [1.165, 1.54) is 6.92 Å². The molecule has 0 saturated carbocycles. The third kappa shape index (κ3) is 6.40. The lowest BCUT2D eigenvalue weighted by atomic mass is 10.1. The molecule has 2 atom stereocenters. The van der Waals surface area contributed by atoms with Crippen LogP contribution in [0.15, 0.2) is 30.3 Å². The smallest absolute Gasteiger partial charge is 0.304 e. The molecule has 0 saturated heterocycles. The third-order valence-electron chi connectivity index (χ3n) is 2.85. The summed E-state index contributed by atoms with van der Waals surface area (Å²) in [6.07, 6.45) is 2.53. The molecule has 0 heterocycles. The van der Waals surface area contributed by atoms with Gasteiger partial charge in [-0.05, 0) is 12.8 Å². The van der Waals surface area contributed by atoms with Crippen LogP contribution in [-0.2, 0) is 9.53 Å². The van der Waals surface area contributed by atoms with Crippen LogP contribution in [0, 0.1) is 11.8 Å². The average molecular weight is 274 g/mol. The summed E-state index contributed by atoms with van der Waals surface area (Å²) < 4.78 is 5.19. The minimum atomic E-state index is -0.664. The fraction of sp³-hybridized carbons (Fsp3) is 0.471. The number of carbonyl (C=O) groups is 1. The number of carbonyl (C=O) groups excluding carboxylic acids is 1. The van der Waals surface area contributed by atoms with Crippen molar-refractivity contribution in [3.05, 3.63) is 35.9 Å². The lowest BCUT2D eigenvalue weighted by Crippen LogP contribution is -2.08. The highest BCUT2D eigenvalue weighted by molar-refractivity contribution is 5.66. The third-order valence-corrected chi connectivity index (χ3v) is 2.85. The molecular formula is C17H22O3. The van der Waals surface area contributed by atoms with E-state index in [1.54, 1.807) is 0 Å². The van der Waals surface area contributed by atoms with Gasteiger partial charge < -0.3 is 9.84 Å². The molecule has 0 amide bonds. The van der Waals surface area contributed by atoms with Crippen molar-refractivity contribution in [3.63, 3.8) is 0 Å². The van der Waals surface area contributed by atoms with Gasteiger partial charge in [0.1, 0.15) is 6.10 Å². The number of esters is 1. The van der Waals surface area contributed by atoms with Crippen LogP contribution >= 0.6 is 0 Å².